The molecule has 0 unspecified atom stereocenters. The second kappa shape index (κ2) is 5.96. The highest BCUT2D eigenvalue weighted by Gasteiger charge is 2.19. The Bertz CT molecular complexity index is 609. The summed E-state index contributed by atoms with van der Waals surface area (Å²) < 4.78 is 15.4. The number of benzene rings is 1. The van der Waals surface area contributed by atoms with Crippen molar-refractivity contribution in [1.29, 1.82) is 0 Å². The highest BCUT2D eigenvalue weighted by molar-refractivity contribution is 7.12. The first-order valence-corrected chi connectivity index (χ1v) is 6.88. The summed E-state index contributed by atoms with van der Waals surface area (Å²) in [5.74, 6) is 1.03. The fraction of sp³-hybridized carbons (Fsp3) is 0.267. The lowest BCUT2D eigenvalue weighted by atomic mass is 10.0. The van der Waals surface area contributed by atoms with E-state index in [4.69, 9.17) is 14.2 Å². The topological polar surface area (TPSA) is 44.8 Å². The van der Waals surface area contributed by atoms with E-state index in [9.17, 15) is 4.79 Å². The zero-order chi connectivity index (χ0) is 14.7. The van der Waals surface area contributed by atoms with Crippen LogP contribution in [0.3, 0.4) is 0 Å². The normalized spacial score (nSPS) is 10.2. The highest BCUT2D eigenvalue weighted by Crippen LogP contribution is 2.37. The van der Waals surface area contributed by atoms with Gasteiger partial charge < -0.3 is 14.2 Å². The number of thiophene rings is 1. The van der Waals surface area contributed by atoms with Gasteiger partial charge in [0.2, 0.25) is 0 Å². The third-order valence-corrected chi connectivity index (χ3v) is 4.06. The van der Waals surface area contributed by atoms with Crippen LogP contribution in [-0.4, -0.2) is 27.3 Å². The summed E-state index contributed by atoms with van der Waals surface area (Å²) in [6.45, 7) is 1.96. The van der Waals surface area contributed by atoms with Crippen LogP contribution in [0.5, 0.6) is 11.5 Å². The second-order valence-corrected chi connectivity index (χ2v) is 5.10. The molecule has 0 spiro atoms. The van der Waals surface area contributed by atoms with E-state index in [1.807, 2.05) is 24.4 Å². The van der Waals surface area contributed by atoms with Crippen molar-refractivity contribution in [2.45, 2.75) is 6.92 Å². The van der Waals surface area contributed by atoms with Crippen molar-refractivity contribution < 1.29 is 19.0 Å². The number of hydrogen-bond acceptors (Lipinski definition) is 5. The number of carbonyl (C=O) groups is 1. The molecule has 5 heteroatoms. The monoisotopic (exact) mass is 292 g/mol. The van der Waals surface area contributed by atoms with Crippen molar-refractivity contribution in [2.75, 3.05) is 21.3 Å². The molecule has 1 aromatic carbocycles. The fourth-order valence-electron chi connectivity index (χ4n) is 2.00. The molecule has 0 radical (unpaired) electrons. The Morgan fingerprint density at radius 1 is 1.05 bits per heavy atom. The standard InChI is InChI=1S/C15H16O4S/c1-9-8-20-14(15(16)19-4)13(9)10-5-11(17-2)7-12(6-10)18-3/h5-8H,1-4H3. The quantitative estimate of drug-likeness (QED) is 0.809. The van der Waals surface area contributed by atoms with E-state index < -0.39 is 0 Å². The van der Waals surface area contributed by atoms with E-state index >= 15 is 0 Å². The molecule has 1 heterocycles. The SMILES string of the molecule is COC(=O)c1scc(C)c1-c1cc(OC)cc(OC)c1. The van der Waals surface area contributed by atoms with Crippen LogP contribution in [0.1, 0.15) is 15.2 Å². The number of carbonyl (C=O) groups excluding carboxylic acids is 1. The van der Waals surface area contributed by atoms with Gasteiger partial charge in [-0.2, -0.15) is 0 Å². The molecule has 0 N–H and O–H groups in total. The minimum Gasteiger partial charge on any atom is -0.497 e. The van der Waals surface area contributed by atoms with E-state index in [1.165, 1.54) is 18.4 Å². The van der Waals surface area contributed by atoms with Crippen molar-refractivity contribution in [2.24, 2.45) is 0 Å². The molecular weight excluding hydrogens is 276 g/mol. The van der Waals surface area contributed by atoms with Crippen LogP contribution in [0.25, 0.3) is 11.1 Å². The zero-order valence-electron chi connectivity index (χ0n) is 11.9. The van der Waals surface area contributed by atoms with Gasteiger partial charge in [-0.05, 0) is 35.6 Å². The summed E-state index contributed by atoms with van der Waals surface area (Å²) in [5.41, 5.74) is 2.75. The lowest BCUT2D eigenvalue weighted by Crippen LogP contribution is -2.00. The van der Waals surface area contributed by atoms with Crippen LogP contribution in [0.2, 0.25) is 0 Å². The molecule has 0 aliphatic carbocycles. The Labute approximate surface area is 121 Å². The molecule has 0 fully saturated rings. The second-order valence-electron chi connectivity index (χ2n) is 4.22. The Morgan fingerprint density at radius 2 is 1.65 bits per heavy atom. The molecule has 0 aliphatic heterocycles. The minimum atomic E-state index is -0.333. The smallest absolute Gasteiger partial charge is 0.348 e. The number of ether oxygens (including phenoxy) is 3. The summed E-state index contributed by atoms with van der Waals surface area (Å²) in [6.07, 6.45) is 0. The van der Waals surface area contributed by atoms with Crippen LogP contribution >= 0.6 is 11.3 Å². The van der Waals surface area contributed by atoms with Gasteiger partial charge in [0.1, 0.15) is 16.4 Å². The molecule has 106 valence electrons. The first-order chi connectivity index (χ1) is 9.60. The van der Waals surface area contributed by atoms with E-state index in [1.54, 1.807) is 20.3 Å². The van der Waals surface area contributed by atoms with Crippen LogP contribution in [-0.2, 0) is 4.74 Å². The van der Waals surface area contributed by atoms with Gasteiger partial charge >= 0.3 is 5.97 Å². The average Bonchev–Trinajstić information content (AvgIpc) is 2.87. The fourth-order valence-corrected chi connectivity index (χ4v) is 2.99. The molecular formula is C15H16O4S. The number of aryl methyl sites for hydroxylation is 1. The third kappa shape index (κ3) is 2.63. The third-order valence-electron chi connectivity index (χ3n) is 2.99. The van der Waals surface area contributed by atoms with Gasteiger partial charge in [0.15, 0.2) is 0 Å². The van der Waals surface area contributed by atoms with Gasteiger partial charge in [-0.1, -0.05) is 0 Å². The van der Waals surface area contributed by atoms with Gasteiger partial charge in [-0.3, -0.25) is 0 Å². The molecule has 0 bridgehead atoms. The van der Waals surface area contributed by atoms with E-state index in [-0.39, 0.29) is 5.97 Å². The summed E-state index contributed by atoms with van der Waals surface area (Å²) >= 11 is 1.37. The molecule has 0 atom stereocenters. The van der Waals surface area contributed by atoms with Crippen molar-refractivity contribution in [3.63, 3.8) is 0 Å². The predicted molar refractivity (Wildman–Crippen MR) is 78.9 cm³/mol. The first-order valence-electron chi connectivity index (χ1n) is 6.00. The molecule has 0 saturated heterocycles. The minimum absolute atomic E-state index is 0.333. The Morgan fingerprint density at radius 3 is 2.15 bits per heavy atom. The number of hydrogen-bond donors (Lipinski definition) is 0. The Kier molecular flexibility index (Phi) is 4.29. The predicted octanol–water partition coefficient (Wildman–Crippen LogP) is 3.53. The summed E-state index contributed by atoms with van der Waals surface area (Å²) in [7, 11) is 4.58. The maximum absolute atomic E-state index is 11.9. The Balaban J connectivity index is 2.61. The van der Waals surface area contributed by atoms with Gasteiger partial charge in [0.25, 0.3) is 0 Å². The zero-order valence-corrected chi connectivity index (χ0v) is 12.7. The highest BCUT2D eigenvalue weighted by atomic mass is 32.1. The van der Waals surface area contributed by atoms with E-state index in [2.05, 4.69) is 0 Å². The van der Waals surface area contributed by atoms with Gasteiger partial charge in [0, 0.05) is 11.6 Å². The number of rotatable bonds is 4. The molecule has 0 amide bonds. The van der Waals surface area contributed by atoms with Crippen molar-refractivity contribution in [1.82, 2.24) is 0 Å². The molecule has 20 heavy (non-hydrogen) atoms. The lowest BCUT2D eigenvalue weighted by Gasteiger charge is -2.10. The maximum Gasteiger partial charge on any atom is 0.348 e. The van der Waals surface area contributed by atoms with Gasteiger partial charge in [-0.25, -0.2) is 4.79 Å². The van der Waals surface area contributed by atoms with E-state index in [0.29, 0.717) is 16.4 Å². The molecule has 1 aromatic heterocycles. The van der Waals surface area contributed by atoms with Crippen LogP contribution in [0, 0.1) is 6.92 Å². The first kappa shape index (κ1) is 14.4. The summed E-state index contributed by atoms with van der Waals surface area (Å²) in [4.78, 5) is 12.4. The van der Waals surface area contributed by atoms with Crippen molar-refractivity contribution >= 4 is 17.3 Å². The largest absolute Gasteiger partial charge is 0.497 e. The van der Waals surface area contributed by atoms with Gasteiger partial charge in [0.05, 0.1) is 21.3 Å². The summed E-state index contributed by atoms with van der Waals surface area (Å²) in [5, 5.41) is 1.94. The van der Waals surface area contributed by atoms with Crippen molar-refractivity contribution in [3.05, 3.63) is 34.0 Å². The molecule has 4 nitrogen and oxygen atoms in total. The Hall–Kier alpha value is -2.01. The van der Waals surface area contributed by atoms with Crippen molar-refractivity contribution in [3.8, 4) is 22.6 Å². The van der Waals surface area contributed by atoms with Crippen LogP contribution < -0.4 is 9.47 Å². The summed E-state index contributed by atoms with van der Waals surface area (Å²) in [6, 6.07) is 5.55. The molecule has 0 saturated carbocycles. The lowest BCUT2D eigenvalue weighted by molar-refractivity contribution is 0.0607. The molecule has 2 rings (SSSR count). The molecule has 2 aromatic rings. The van der Waals surface area contributed by atoms with E-state index in [0.717, 1.165) is 16.7 Å². The number of methoxy groups -OCH3 is 3. The van der Waals surface area contributed by atoms with Crippen LogP contribution in [0.15, 0.2) is 23.6 Å². The van der Waals surface area contributed by atoms with Crippen LogP contribution in [0.4, 0.5) is 0 Å². The number of esters is 1. The maximum atomic E-state index is 11.9. The molecule has 0 aliphatic rings. The average molecular weight is 292 g/mol. The van der Waals surface area contributed by atoms with Gasteiger partial charge in [-0.15, -0.1) is 11.3 Å².